The van der Waals surface area contributed by atoms with Crippen LogP contribution in [0.3, 0.4) is 0 Å². The first kappa shape index (κ1) is 20.4. The van der Waals surface area contributed by atoms with E-state index in [1.165, 1.54) is 12.1 Å². The van der Waals surface area contributed by atoms with Crippen LogP contribution in [0.25, 0.3) is 17.2 Å². The monoisotopic (exact) mass is 411 g/mol. The van der Waals surface area contributed by atoms with Crippen LogP contribution in [0.2, 0.25) is 0 Å². The van der Waals surface area contributed by atoms with E-state index in [2.05, 4.69) is 11.6 Å². The van der Waals surface area contributed by atoms with Gasteiger partial charge in [-0.05, 0) is 28.8 Å². The minimum Gasteiger partial charge on any atom is -0.473 e. The third kappa shape index (κ3) is 5.17. The van der Waals surface area contributed by atoms with Crippen molar-refractivity contribution in [3.8, 4) is 22.9 Å². The number of hydrogen-bond donors (Lipinski definition) is 0. The summed E-state index contributed by atoms with van der Waals surface area (Å²) >= 11 is 0. The molecule has 1 aromatic heterocycles. The van der Waals surface area contributed by atoms with Crippen molar-refractivity contribution in [2.24, 2.45) is 0 Å². The summed E-state index contributed by atoms with van der Waals surface area (Å²) in [5.74, 6) is 0.491. The van der Waals surface area contributed by atoms with Crippen LogP contribution < -0.4 is 9.47 Å². The molecule has 0 spiro atoms. The van der Waals surface area contributed by atoms with Crippen LogP contribution in [0.15, 0.2) is 97.6 Å². The first-order valence-corrected chi connectivity index (χ1v) is 10.00. The summed E-state index contributed by atoms with van der Waals surface area (Å²) in [6, 6.07) is 28.3. The second-order valence-electron chi connectivity index (χ2n) is 6.99. The lowest BCUT2D eigenvalue weighted by Gasteiger charge is -2.14. The van der Waals surface area contributed by atoms with E-state index in [-0.39, 0.29) is 5.82 Å². The van der Waals surface area contributed by atoms with E-state index in [0.717, 1.165) is 11.1 Å². The van der Waals surface area contributed by atoms with Gasteiger partial charge in [0.05, 0.1) is 0 Å². The lowest BCUT2D eigenvalue weighted by Crippen LogP contribution is -2.02. The lowest BCUT2D eigenvalue weighted by molar-refractivity contribution is 0.268. The van der Waals surface area contributed by atoms with Gasteiger partial charge in [0.15, 0.2) is 0 Å². The molecule has 0 bridgehead atoms. The van der Waals surface area contributed by atoms with Gasteiger partial charge in [0.25, 0.3) is 0 Å². The molecule has 0 aliphatic heterocycles. The van der Waals surface area contributed by atoms with Crippen molar-refractivity contribution in [3.05, 3.63) is 120 Å². The van der Waals surface area contributed by atoms with Crippen LogP contribution in [0.5, 0.6) is 11.8 Å². The average molecular weight is 411 g/mol. The Morgan fingerprint density at radius 3 is 2.03 bits per heavy atom. The highest BCUT2D eigenvalue weighted by Crippen LogP contribution is 2.32. The number of rotatable bonds is 8. The molecule has 3 aromatic carbocycles. The molecule has 0 aliphatic carbocycles. The van der Waals surface area contributed by atoms with Crippen molar-refractivity contribution >= 4 is 6.08 Å². The average Bonchev–Trinajstić information content (AvgIpc) is 2.83. The van der Waals surface area contributed by atoms with Gasteiger partial charge in [0, 0.05) is 17.2 Å². The fraction of sp³-hybridized carbons (Fsp3) is 0.0741. The molecule has 154 valence electrons. The highest BCUT2D eigenvalue weighted by atomic mass is 19.1. The molecule has 0 radical (unpaired) electrons. The summed E-state index contributed by atoms with van der Waals surface area (Å²) in [7, 11) is 0. The molecule has 0 saturated heterocycles. The van der Waals surface area contributed by atoms with E-state index in [1.54, 1.807) is 12.1 Å². The molecule has 4 aromatic rings. The number of pyridine rings is 1. The Bertz CT molecular complexity index is 1160. The number of benzene rings is 3. The standard InChI is InChI=1S/C27H22FNO2/c1-2-22-13-14-23(17-25(22)28)24-15-16-26(30-18-20-9-5-3-6-10-20)29-27(24)31-19-21-11-7-4-8-12-21/h2-17H,1,18-19H2. The topological polar surface area (TPSA) is 31.4 Å². The Labute approximate surface area is 181 Å². The normalized spacial score (nSPS) is 10.5. The summed E-state index contributed by atoms with van der Waals surface area (Å²) in [4.78, 5) is 4.56. The molecular formula is C27H22FNO2. The third-order valence-electron chi connectivity index (χ3n) is 4.81. The van der Waals surface area contributed by atoms with Crippen molar-refractivity contribution in [1.29, 1.82) is 0 Å². The van der Waals surface area contributed by atoms with Crippen LogP contribution in [0.4, 0.5) is 4.39 Å². The zero-order valence-electron chi connectivity index (χ0n) is 17.0. The second-order valence-corrected chi connectivity index (χ2v) is 6.99. The predicted molar refractivity (Wildman–Crippen MR) is 121 cm³/mol. The Morgan fingerprint density at radius 2 is 1.42 bits per heavy atom. The molecule has 31 heavy (non-hydrogen) atoms. The fourth-order valence-corrected chi connectivity index (χ4v) is 3.15. The molecule has 0 unspecified atom stereocenters. The van der Waals surface area contributed by atoms with Gasteiger partial charge >= 0.3 is 0 Å². The van der Waals surface area contributed by atoms with Gasteiger partial charge in [0.2, 0.25) is 11.8 Å². The van der Waals surface area contributed by atoms with E-state index in [9.17, 15) is 4.39 Å². The number of ether oxygens (including phenoxy) is 2. The molecule has 0 fully saturated rings. The third-order valence-corrected chi connectivity index (χ3v) is 4.81. The smallest absolute Gasteiger partial charge is 0.225 e. The molecule has 0 atom stereocenters. The van der Waals surface area contributed by atoms with E-state index >= 15 is 0 Å². The van der Waals surface area contributed by atoms with Crippen LogP contribution in [0, 0.1) is 5.82 Å². The van der Waals surface area contributed by atoms with E-state index in [0.29, 0.717) is 41.7 Å². The number of nitrogens with zero attached hydrogens (tertiary/aromatic N) is 1. The molecule has 4 rings (SSSR count). The maximum atomic E-state index is 14.3. The quantitative estimate of drug-likeness (QED) is 0.324. The summed E-state index contributed by atoms with van der Waals surface area (Å²) in [6.07, 6.45) is 1.49. The van der Waals surface area contributed by atoms with Crippen molar-refractivity contribution in [2.75, 3.05) is 0 Å². The molecular weight excluding hydrogens is 389 g/mol. The first-order chi connectivity index (χ1) is 15.2. The zero-order valence-corrected chi connectivity index (χ0v) is 17.0. The van der Waals surface area contributed by atoms with E-state index < -0.39 is 0 Å². The van der Waals surface area contributed by atoms with E-state index in [1.807, 2.05) is 72.8 Å². The Hall–Kier alpha value is -3.92. The molecule has 3 nitrogen and oxygen atoms in total. The van der Waals surface area contributed by atoms with Gasteiger partial charge in [-0.15, -0.1) is 0 Å². The van der Waals surface area contributed by atoms with E-state index in [4.69, 9.17) is 9.47 Å². The highest BCUT2D eigenvalue weighted by Gasteiger charge is 2.13. The van der Waals surface area contributed by atoms with Crippen LogP contribution in [-0.2, 0) is 13.2 Å². The van der Waals surface area contributed by atoms with Gasteiger partial charge in [-0.25, -0.2) is 4.39 Å². The molecule has 0 amide bonds. The van der Waals surface area contributed by atoms with Crippen molar-refractivity contribution in [2.45, 2.75) is 13.2 Å². The second kappa shape index (κ2) is 9.72. The van der Waals surface area contributed by atoms with Crippen molar-refractivity contribution < 1.29 is 13.9 Å². The lowest BCUT2D eigenvalue weighted by atomic mass is 10.0. The van der Waals surface area contributed by atoms with Crippen LogP contribution >= 0.6 is 0 Å². The summed E-state index contributed by atoms with van der Waals surface area (Å²) in [6.45, 7) is 4.38. The fourth-order valence-electron chi connectivity index (χ4n) is 3.15. The van der Waals surface area contributed by atoms with Crippen molar-refractivity contribution in [1.82, 2.24) is 4.98 Å². The Kier molecular flexibility index (Phi) is 6.38. The van der Waals surface area contributed by atoms with Crippen LogP contribution in [-0.4, -0.2) is 4.98 Å². The minimum absolute atomic E-state index is 0.342. The molecule has 0 N–H and O–H groups in total. The largest absolute Gasteiger partial charge is 0.473 e. The van der Waals surface area contributed by atoms with Gasteiger partial charge in [-0.1, -0.05) is 85.5 Å². The molecule has 1 heterocycles. The maximum absolute atomic E-state index is 14.3. The van der Waals surface area contributed by atoms with Gasteiger partial charge in [0.1, 0.15) is 19.0 Å². The molecule has 4 heteroatoms. The van der Waals surface area contributed by atoms with Crippen LogP contribution in [0.1, 0.15) is 16.7 Å². The van der Waals surface area contributed by atoms with Crippen molar-refractivity contribution in [3.63, 3.8) is 0 Å². The Morgan fingerprint density at radius 1 is 0.774 bits per heavy atom. The Balaban J connectivity index is 1.62. The zero-order chi connectivity index (χ0) is 21.5. The summed E-state index contributed by atoms with van der Waals surface area (Å²) in [5.41, 5.74) is 3.87. The predicted octanol–water partition coefficient (Wildman–Crippen LogP) is 6.69. The summed E-state index contributed by atoms with van der Waals surface area (Å²) in [5, 5.41) is 0. The maximum Gasteiger partial charge on any atom is 0.225 e. The SMILES string of the molecule is C=Cc1ccc(-c2ccc(OCc3ccccc3)nc2OCc2ccccc2)cc1F. The first-order valence-electron chi connectivity index (χ1n) is 10.00. The minimum atomic E-state index is -0.342. The van der Waals surface area contributed by atoms with Gasteiger partial charge < -0.3 is 9.47 Å². The number of hydrogen-bond acceptors (Lipinski definition) is 3. The highest BCUT2D eigenvalue weighted by molar-refractivity contribution is 5.70. The molecule has 0 saturated carbocycles. The van der Waals surface area contributed by atoms with Gasteiger partial charge in [-0.3, -0.25) is 0 Å². The number of aromatic nitrogens is 1. The molecule has 0 aliphatic rings. The number of halogens is 1. The van der Waals surface area contributed by atoms with Gasteiger partial charge in [-0.2, -0.15) is 4.98 Å². The summed E-state index contributed by atoms with van der Waals surface area (Å²) < 4.78 is 26.2.